The van der Waals surface area contributed by atoms with Gasteiger partial charge in [-0.25, -0.2) is 0 Å². The lowest BCUT2D eigenvalue weighted by molar-refractivity contribution is -0.129. The highest BCUT2D eigenvalue weighted by molar-refractivity contribution is 6.03. The van der Waals surface area contributed by atoms with Crippen LogP contribution in [0.15, 0.2) is 4.99 Å². The van der Waals surface area contributed by atoms with Gasteiger partial charge in [-0.3, -0.25) is 4.99 Å². The third kappa shape index (κ3) is 3.25. The second-order valence-electron chi connectivity index (χ2n) is 2.94. The molecule has 1 aliphatic heterocycles. The quantitative estimate of drug-likeness (QED) is 0.579. The molecule has 84 valence electrons. The van der Waals surface area contributed by atoms with Crippen molar-refractivity contribution in [3.8, 4) is 6.07 Å². The molecular weight excluding hydrogens is 200 g/mol. The molecule has 1 rings (SSSR count). The zero-order chi connectivity index (χ0) is 11.1. The van der Waals surface area contributed by atoms with Crippen molar-refractivity contribution in [1.29, 1.82) is 5.26 Å². The van der Waals surface area contributed by atoms with E-state index in [0.717, 1.165) is 0 Å². The monoisotopic (exact) mass is 214 g/mol. The minimum absolute atomic E-state index is 0.109. The summed E-state index contributed by atoms with van der Waals surface area (Å²) in [6, 6.07) is 1.98. The number of aliphatic imine (C=N–C) groups is 1. The summed E-state index contributed by atoms with van der Waals surface area (Å²) in [5.41, 5.74) is 0.341. The zero-order valence-electron chi connectivity index (χ0n) is 8.80. The average Bonchev–Trinajstić information content (AvgIpc) is 2.65. The minimum atomic E-state index is -0.454. The average molecular weight is 214 g/mol. The fourth-order valence-electron chi connectivity index (χ4n) is 1.27. The lowest BCUT2D eigenvalue weighted by Gasteiger charge is -2.18. The first-order chi connectivity index (χ1) is 7.33. The van der Waals surface area contributed by atoms with Crippen LogP contribution in [-0.4, -0.2) is 52.3 Å². The van der Waals surface area contributed by atoms with Gasteiger partial charge in [0.2, 0.25) is 0 Å². The number of rotatable bonds is 6. The Morgan fingerprint density at radius 2 is 2.00 bits per heavy atom. The number of hydrogen-bond donors (Lipinski definition) is 0. The Morgan fingerprint density at radius 1 is 1.33 bits per heavy atom. The Morgan fingerprint density at radius 3 is 2.60 bits per heavy atom. The van der Waals surface area contributed by atoms with Crippen LogP contribution in [0.4, 0.5) is 0 Å². The van der Waals surface area contributed by atoms with E-state index in [9.17, 15) is 0 Å². The van der Waals surface area contributed by atoms with Crippen molar-refractivity contribution < 1.29 is 18.9 Å². The molecule has 0 radical (unpaired) electrons. The van der Waals surface area contributed by atoms with Crippen molar-refractivity contribution in [2.24, 2.45) is 4.99 Å². The van der Waals surface area contributed by atoms with Crippen LogP contribution in [0.1, 0.15) is 0 Å². The Kier molecular flexibility index (Phi) is 5.21. The predicted octanol–water partition coefficient (Wildman–Crippen LogP) is -0.0572. The molecule has 1 heterocycles. The molecule has 0 saturated carbocycles. The minimum Gasteiger partial charge on any atom is -0.359 e. The van der Waals surface area contributed by atoms with Crippen molar-refractivity contribution in [3.63, 3.8) is 0 Å². The smallest absolute Gasteiger partial charge is 0.147 e. The molecule has 0 aromatic carbocycles. The summed E-state index contributed by atoms with van der Waals surface area (Å²) in [6.07, 6.45) is -0.722. The van der Waals surface area contributed by atoms with Crippen LogP contribution in [0, 0.1) is 11.3 Å². The molecule has 0 aromatic rings. The fourth-order valence-corrected chi connectivity index (χ4v) is 1.27. The maximum absolute atomic E-state index is 8.79. The molecule has 0 spiro atoms. The molecule has 1 aliphatic rings. The number of methoxy groups -OCH3 is 2. The van der Waals surface area contributed by atoms with Gasteiger partial charge in [0.15, 0.2) is 0 Å². The summed E-state index contributed by atoms with van der Waals surface area (Å²) < 4.78 is 20.2. The van der Waals surface area contributed by atoms with Crippen LogP contribution in [0.3, 0.4) is 0 Å². The van der Waals surface area contributed by atoms with Crippen molar-refractivity contribution >= 4 is 5.71 Å². The van der Waals surface area contributed by atoms with Gasteiger partial charge in [0.05, 0.1) is 6.54 Å². The summed E-state index contributed by atoms with van der Waals surface area (Å²) >= 11 is 0. The third-order valence-electron chi connectivity index (χ3n) is 1.93. The van der Waals surface area contributed by atoms with Crippen LogP contribution in [-0.2, 0) is 18.9 Å². The second-order valence-corrected chi connectivity index (χ2v) is 2.94. The normalized spacial score (nSPS) is 25.0. The van der Waals surface area contributed by atoms with Gasteiger partial charge < -0.3 is 18.9 Å². The van der Waals surface area contributed by atoms with E-state index in [1.807, 2.05) is 6.07 Å². The first-order valence-corrected chi connectivity index (χ1v) is 4.49. The SMILES string of the molecule is COCO[C@H]1CN=C(C#N)[C@@H]1OCOC. The van der Waals surface area contributed by atoms with Gasteiger partial charge in [-0.15, -0.1) is 0 Å². The van der Waals surface area contributed by atoms with Gasteiger partial charge in [0, 0.05) is 14.2 Å². The van der Waals surface area contributed by atoms with E-state index >= 15 is 0 Å². The highest BCUT2D eigenvalue weighted by Gasteiger charge is 2.33. The number of hydrogen-bond acceptors (Lipinski definition) is 6. The van der Waals surface area contributed by atoms with Gasteiger partial charge in [-0.05, 0) is 0 Å². The molecule has 2 atom stereocenters. The van der Waals surface area contributed by atoms with E-state index in [0.29, 0.717) is 12.3 Å². The number of nitriles is 1. The highest BCUT2D eigenvalue weighted by atomic mass is 16.7. The Labute approximate surface area is 88.4 Å². The van der Waals surface area contributed by atoms with E-state index in [1.165, 1.54) is 14.2 Å². The fraction of sp³-hybridized carbons (Fsp3) is 0.778. The summed E-state index contributed by atoms with van der Waals surface area (Å²) in [6.45, 7) is 0.685. The molecule has 0 aliphatic carbocycles. The molecule has 0 amide bonds. The number of ether oxygens (including phenoxy) is 4. The molecular formula is C9H14N2O4. The largest absolute Gasteiger partial charge is 0.359 e. The van der Waals surface area contributed by atoms with E-state index in [-0.39, 0.29) is 19.7 Å². The highest BCUT2D eigenvalue weighted by Crippen LogP contribution is 2.14. The third-order valence-corrected chi connectivity index (χ3v) is 1.93. The van der Waals surface area contributed by atoms with Crippen molar-refractivity contribution in [2.45, 2.75) is 12.2 Å². The summed E-state index contributed by atoms with van der Waals surface area (Å²) in [5, 5.41) is 8.79. The van der Waals surface area contributed by atoms with E-state index in [1.54, 1.807) is 0 Å². The molecule has 0 saturated heterocycles. The second kappa shape index (κ2) is 6.48. The maximum Gasteiger partial charge on any atom is 0.147 e. The van der Waals surface area contributed by atoms with Crippen molar-refractivity contribution in [3.05, 3.63) is 0 Å². The molecule has 0 unspecified atom stereocenters. The van der Waals surface area contributed by atoms with Crippen molar-refractivity contribution in [2.75, 3.05) is 34.4 Å². The topological polar surface area (TPSA) is 73.1 Å². The predicted molar refractivity (Wildman–Crippen MR) is 51.4 cm³/mol. The molecule has 0 aromatic heterocycles. The number of nitrogens with zero attached hydrogens (tertiary/aromatic N) is 2. The summed E-state index contributed by atoms with van der Waals surface area (Å²) in [7, 11) is 3.05. The van der Waals surface area contributed by atoms with Gasteiger partial charge in [0.25, 0.3) is 0 Å². The molecule has 0 fully saturated rings. The van der Waals surface area contributed by atoms with Crippen LogP contribution in [0.25, 0.3) is 0 Å². The Bertz CT molecular complexity index is 261. The summed E-state index contributed by atoms with van der Waals surface area (Å²) in [5.74, 6) is 0. The van der Waals surface area contributed by atoms with Gasteiger partial charge >= 0.3 is 0 Å². The van der Waals surface area contributed by atoms with Gasteiger partial charge in [-0.2, -0.15) is 5.26 Å². The zero-order valence-corrected chi connectivity index (χ0v) is 8.80. The molecule has 6 nitrogen and oxygen atoms in total. The first-order valence-electron chi connectivity index (χ1n) is 4.49. The Hall–Kier alpha value is -1.00. The van der Waals surface area contributed by atoms with Crippen molar-refractivity contribution in [1.82, 2.24) is 0 Å². The van der Waals surface area contributed by atoms with Gasteiger partial charge in [-0.1, -0.05) is 0 Å². The molecule has 0 N–H and O–H groups in total. The Balaban J connectivity index is 2.48. The van der Waals surface area contributed by atoms with E-state index < -0.39 is 6.10 Å². The molecule has 6 heteroatoms. The summed E-state index contributed by atoms with van der Waals surface area (Å²) in [4.78, 5) is 4.02. The van der Waals surface area contributed by atoms with Crippen LogP contribution in [0.5, 0.6) is 0 Å². The van der Waals surface area contributed by atoms with Gasteiger partial charge in [0.1, 0.15) is 37.6 Å². The maximum atomic E-state index is 8.79. The molecule has 15 heavy (non-hydrogen) atoms. The molecule has 0 bridgehead atoms. The lowest BCUT2D eigenvalue weighted by Crippen LogP contribution is -2.35. The van der Waals surface area contributed by atoms with Crippen LogP contribution in [0.2, 0.25) is 0 Å². The van der Waals surface area contributed by atoms with E-state index in [2.05, 4.69) is 4.99 Å². The van der Waals surface area contributed by atoms with Crippen LogP contribution >= 0.6 is 0 Å². The van der Waals surface area contributed by atoms with Crippen LogP contribution < -0.4 is 0 Å². The standard InChI is InChI=1S/C9H14N2O4/c1-12-5-14-8-4-11-7(3-10)9(8)15-6-13-2/h8-9H,4-6H2,1-2H3/t8-,9-/m0/s1. The first kappa shape index (κ1) is 12.1. The lowest BCUT2D eigenvalue weighted by atomic mass is 10.2. The van der Waals surface area contributed by atoms with E-state index in [4.69, 9.17) is 24.2 Å².